The number of aromatic nitrogens is 2. The molecule has 1 amide bonds. The van der Waals surface area contributed by atoms with E-state index in [4.69, 9.17) is 14.5 Å². The normalized spacial score (nSPS) is 13.2. The first kappa shape index (κ1) is 14.4. The lowest BCUT2D eigenvalue weighted by Gasteiger charge is -2.19. The first-order valence-corrected chi connectivity index (χ1v) is 7.51. The van der Waals surface area contributed by atoms with Crippen molar-refractivity contribution in [3.05, 3.63) is 42.2 Å². The second-order valence-electron chi connectivity index (χ2n) is 5.64. The minimum atomic E-state index is -0.147. The van der Waals surface area contributed by atoms with E-state index in [1.807, 2.05) is 31.2 Å². The zero-order valence-electron chi connectivity index (χ0n) is 13.3. The molecule has 6 heteroatoms. The van der Waals surface area contributed by atoms with Crippen molar-refractivity contribution < 1.29 is 14.3 Å². The summed E-state index contributed by atoms with van der Waals surface area (Å²) in [7, 11) is 1.61. The number of aryl methyl sites for hydroxylation is 1. The fourth-order valence-corrected chi connectivity index (χ4v) is 2.79. The van der Waals surface area contributed by atoms with Crippen molar-refractivity contribution in [2.75, 3.05) is 19.0 Å². The number of methoxy groups -OCH3 is 1. The maximum atomic E-state index is 11.5. The molecule has 6 nitrogen and oxygen atoms in total. The highest BCUT2D eigenvalue weighted by Gasteiger charge is 2.18. The first-order chi connectivity index (χ1) is 11.6. The van der Waals surface area contributed by atoms with Gasteiger partial charge in [0, 0.05) is 23.2 Å². The van der Waals surface area contributed by atoms with E-state index in [0.29, 0.717) is 17.2 Å². The fourth-order valence-electron chi connectivity index (χ4n) is 2.79. The van der Waals surface area contributed by atoms with Crippen LogP contribution in [0.4, 0.5) is 5.69 Å². The summed E-state index contributed by atoms with van der Waals surface area (Å²) in [6, 6.07) is 7.65. The number of benzene rings is 1. The average Bonchev–Trinajstić information content (AvgIpc) is 2.60. The Balaban J connectivity index is 1.87. The van der Waals surface area contributed by atoms with Gasteiger partial charge in [0.25, 0.3) is 5.91 Å². The molecule has 1 N–H and O–H groups in total. The summed E-state index contributed by atoms with van der Waals surface area (Å²) < 4.78 is 10.7. The maximum absolute atomic E-state index is 11.5. The third kappa shape index (κ3) is 2.42. The molecule has 0 saturated heterocycles. The molecule has 1 aliphatic heterocycles. The number of hydrogen-bond donors (Lipinski definition) is 1. The Kier molecular flexibility index (Phi) is 3.30. The number of anilines is 1. The van der Waals surface area contributed by atoms with Gasteiger partial charge < -0.3 is 14.8 Å². The van der Waals surface area contributed by atoms with Crippen LogP contribution in [0.25, 0.3) is 22.2 Å². The van der Waals surface area contributed by atoms with E-state index in [2.05, 4.69) is 10.3 Å². The number of ether oxygens (including phenoxy) is 2. The van der Waals surface area contributed by atoms with Crippen LogP contribution in [0.15, 0.2) is 36.7 Å². The Hall–Kier alpha value is -3.15. The SMILES string of the molecule is COc1cncc(-c2cc(C)c3cc4c(cc3n2)OCC(=O)N4)c1. The molecule has 2 aromatic heterocycles. The van der Waals surface area contributed by atoms with Crippen LogP contribution in [0.2, 0.25) is 0 Å². The van der Waals surface area contributed by atoms with Crippen molar-refractivity contribution in [3.63, 3.8) is 0 Å². The van der Waals surface area contributed by atoms with Gasteiger partial charge in [0.05, 0.1) is 30.2 Å². The van der Waals surface area contributed by atoms with E-state index < -0.39 is 0 Å². The van der Waals surface area contributed by atoms with Gasteiger partial charge in [-0.15, -0.1) is 0 Å². The van der Waals surface area contributed by atoms with E-state index in [-0.39, 0.29) is 12.5 Å². The number of pyridine rings is 2. The van der Waals surface area contributed by atoms with Crippen LogP contribution in [0, 0.1) is 6.92 Å². The van der Waals surface area contributed by atoms with Gasteiger partial charge in [-0.1, -0.05) is 0 Å². The van der Waals surface area contributed by atoms with E-state index in [1.165, 1.54) is 0 Å². The summed E-state index contributed by atoms with van der Waals surface area (Å²) in [6.07, 6.45) is 3.41. The van der Waals surface area contributed by atoms with Crippen LogP contribution in [-0.2, 0) is 4.79 Å². The Morgan fingerprint density at radius 2 is 2.08 bits per heavy atom. The molecule has 0 radical (unpaired) electrons. The number of amides is 1. The summed E-state index contributed by atoms with van der Waals surface area (Å²) in [5.41, 5.74) is 4.24. The molecule has 120 valence electrons. The predicted octanol–water partition coefficient (Wildman–Crippen LogP) is 2.94. The highest BCUT2D eigenvalue weighted by Crippen LogP contribution is 2.34. The minimum absolute atomic E-state index is 0.0248. The zero-order valence-corrected chi connectivity index (χ0v) is 13.3. The Morgan fingerprint density at radius 3 is 2.92 bits per heavy atom. The maximum Gasteiger partial charge on any atom is 0.262 e. The Morgan fingerprint density at radius 1 is 1.21 bits per heavy atom. The van der Waals surface area contributed by atoms with E-state index in [9.17, 15) is 4.79 Å². The second kappa shape index (κ2) is 5.49. The van der Waals surface area contributed by atoms with Crippen LogP contribution in [-0.4, -0.2) is 29.6 Å². The summed E-state index contributed by atoms with van der Waals surface area (Å²) in [5.74, 6) is 1.17. The summed E-state index contributed by atoms with van der Waals surface area (Å²) in [5, 5.41) is 3.79. The quantitative estimate of drug-likeness (QED) is 0.785. The van der Waals surface area contributed by atoms with Gasteiger partial charge in [-0.05, 0) is 30.7 Å². The second-order valence-corrected chi connectivity index (χ2v) is 5.64. The molecule has 0 saturated carbocycles. The predicted molar refractivity (Wildman–Crippen MR) is 90.4 cm³/mol. The smallest absolute Gasteiger partial charge is 0.262 e. The average molecular weight is 321 g/mol. The summed E-state index contributed by atoms with van der Waals surface area (Å²) in [4.78, 5) is 20.4. The van der Waals surface area contributed by atoms with Gasteiger partial charge in [-0.25, -0.2) is 4.98 Å². The monoisotopic (exact) mass is 321 g/mol. The molecule has 24 heavy (non-hydrogen) atoms. The summed E-state index contributed by atoms with van der Waals surface area (Å²) >= 11 is 0. The lowest BCUT2D eigenvalue weighted by atomic mass is 10.0. The molecule has 0 spiro atoms. The molecule has 0 atom stereocenters. The Labute approximate surface area is 138 Å². The van der Waals surface area contributed by atoms with Crippen molar-refractivity contribution in [3.8, 4) is 22.8 Å². The molecular weight excluding hydrogens is 306 g/mol. The van der Waals surface area contributed by atoms with Gasteiger partial charge in [0.15, 0.2) is 6.61 Å². The van der Waals surface area contributed by atoms with Crippen LogP contribution in [0.3, 0.4) is 0 Å². The first-order valence-electron chi connectivity index (χ1n) is 7.51. The Bertz CT molecular complexity index is 969. The van der Waals surface area contributed by atoms with Crippen LogP contribution in [0.5, 0.6) is 11.5 Å². The molecule has 4 rings (SSSR count). The number of carbonyl (C=O) groups is 1. The molecular formula is C18H15N3O3. The highest BCUT2D eigenvalue weighted by molar-refractivity contribution is 5.99. The number of carbonyl (C=O) groups excluding carboxylic acids is 1. The van der Waals surface area contributed by atoms with E-state index in [0.717, 1.165) is 27.7 Å². The molecule has 1 aromatic carbocycles. The number of nitrogens with zero attached hydrogens (tertiary/aromatic N) is 2. The van der Waals surface area contributed by atoms with Crippen molar-refractivity contribution in [2.45, 2.75) is 6.92 Å². The molecule has 0 bridgehead atoms. The topological polar surface area (TPSA) is 73.3 Å². The summed E-state index contributed by atoms with van der Waals surface area (Å²) in [6.45, 7) is 2.04. The van der Waals surface area contributed by atoms with Gasteiger partial charge in [-0.3, -0.25) is 9.78 Å². The van der Waals surface area contributed by atoms with Crippen molar-refractivity contribution in [1.82, 2.24) is 9.97 Å². The zero-order chi connectivity index (χ0) is 16.7. The van der Waals surface area contributed by atoms with E-state index in [1.54, 1.807) is 19.5 Å². The fraction of sp³-hybridized carbons (Fsp3) is 0.167. The standard InChI is InChI=1S/C18H15N3O3/c1-10-3-14(11-4-12(23-2)8-19-7-11)20-15-6-17-16(5-13(10)15)21-18(22)9-24-17/h3-8H,9H2,1-2H3,(H,21,22). The molecule has 0 unspecified atom stereocenters. The van der Waals surface area contributed by atoms with Crippen molar-refractivity contribution >= 4 is 22.5 Å². The third-order valence-corrected chi connectivity index (χ3v) is 3.99. The van der Waals surface area contributed by atoms with Crippen LogP contribution in [0.1, 0.15) is 5.56 Å². The molecule has 0 aliphatic carbocycles. The number of nitrogens with one attached hydrogen (secondary N) is 1. The lowest BCUT2D eigenvalue weighted by Crippen LogP contribution is -2.25. The minimum Gasteiger partial charge on any atom is -0.495 e. The molecule has 0 fully saturated rings. The lowest BCUT2D eigenvalue weighted by molar-refractivity contribution is -0.118. The van der Waals surface area contributed by atoms with E-state index >= 15 is 0 Å². The van der Waals surface area contributed by atoms with Crippen LogP contribution >= 0.6 is 0 Å². The van der Waals surface area contributed by atoms with Gasteiger partial charge >= 0.3 is 0 Å². The molecule has 3 aromatic rings. The van der Waals surface area contributed by atoms with Gasteiger partial charge in [0.2, 0.25) is 0 Å². The molecule has 3 heterocycles. The molecule has 1 aliphatic rings. The number of hydrogen-bond acceptors (Lipinski definition) is 5. The largest absolute Gasteiger partial charge is 0.495 e. The number of fused-ring (bicyclic) bond motifs is 2. The highest BCUT2D eigenvalue weighted by atomic mass is 16.5. The van der Waals surface area contributed by atoms with Gasteiger partial charge in [-0.2, -0.15) is 0 Å². The van der Waals surface area contributed by atoms with Crippen molar-refractivity contribution in [2.24, 2.45) is 0 Å². The van der Waals surface area contributed by atoms with Crippen molar-refractivity contribution in [1.29, 1.82) is 0 Å². The number of rotatable bonds is 2. The van der Waals surface area contributed by atoms with Crippen LogP contribution < -0.4 is 14.8 Å². The third-order valence-electron chi connectivity index (χ3n) is 3.99. The van der Waals surface area contributed by atoms with Gasteiger partial charge in [0.1, 0.15) is 11.5 Å².